The fraction of sp³-hybridized carbons (Fsp3) is 0.600. The molecule has 3 unspecified atom stereocenters. The zero-order valence-corrected chi connectivity index (χ0v) is 12.4. The van der Waals surface area contributed by atoms with Gasteiger partial charge in [-0.2, -0.15) is 11.8 Å². The normalized spacial score (nSPS) is 23.3. The molecule has 1 aliphatic heterocycles. The largest absolute Gasteiger partial charge is 0.326 e. The molecular weight excluding hydrogens is 240 g/mol. The van der Waals surface area contributed by atoms with E-state index in [4.69, 9.17) is 5.73 Å². The van der Waals surface area contributed by atoms with Crippen LogP contribution in [0.1, 0.15) is 30.5 Å². The summed E-state index contributed by atoms with van der Waals surface area (Å²) in [6.07, 6.45) is 1.29. The molecule has 0 aliphatic carbocycles. The summed E-state index contributed by atoms with van der Waals surface area (Å²) in [6.45, 7) is 4.30. The van der Waals surface area contributed by atoms with Crippen LogP contribution in [0.4, 0.5) is 0 Å². The summed E-state index contributed by atoms with van der Waals surface area (Å²) >= 11 is 2.06. The zero-order chi connectivity index (χ0) is 13.1. The third-order valence-corrected chi connectivity index (χ3v) is 5.07. The minimum atomic E-state index is 0.154. The summed E-state index contributed by atoms with van der Waals surface area (Å²) in [5, 5.41) is 0. The monoisotopic (exact) mass is 264 g/mol. The molecule has 0 spiro atoms. The Hall–Kier alpha value is -0.510. The Kier molecular flexibility index (Phi) is 4.71. The van der Waals surface area contributed by atoms with Crippen molar-refractivity contribution < 1.29 is 0 Å². The third-order valence-electron chi connectivity index (χ3n) is 3.93. The van der Waals surface area contributed by atoms with E-state index in [-0.39, 0.29) is 6.04 Å². The van der Waals surface area contributed by atoms with Crippen LogP contribution in [0.25, 0.3) is 0 Å². The lowest BCUT2D eigenvalue weighted by atomic mass is 9.94. The molecule has 2 N–H and O–H groups in total. The molecule has 2 rings (SSSR count). The molecule has 1 aliphatic rings. The molecule has 1 aromatic rings. The number of nitrogens with two attached hydrogens (primary N) is 1. The van der Waals surface area contributed by atoms with Gasteiger partial charge in [-0.3, -0.25) is 4.90 Å². The van der Waals surface area contributed by atoms with Crippen molar-refractivity contribution in [2.75, 3.05) is 18.6 Å². The number of rotatable bonds is 4. The average molecular weight is 264 g/mol. The minimum Gasteiger partial charge on any atom is -0.326 e. The second-order valence-electron chi connectivity index (χ2n) is 5.34. The first-order valence-corrected chi connectivity index (χ1v) is 7.87. The number of aryl methyl sites for hydroxylation is 1. The highest BCUT2D eigenvalue weighted by Gasteiger charge is 2.29. The molecular formula is C15H24N2S. The predicted molar refractivity (Wildman–Crippen MR) is 81.1 cm³/mol. The lowest BCUT2D eigenvalue weighted by Gasteiger charge is -2.36. The van der Waals surface area contributed by atoms with Gasteiger partial charge in [0, 0.05) is 23.9 Å². The van der Waals surface area contributed by atoms with Crippen molar-refractivity contribution in [3.63, 3.8) is 0 Å². The zero-order valence-electron chi connectivity index (χ0n) is 11.6. The van der Waals surface area contributed by atoms with Crippen molar-refractivity contribution in [2.45, 2.75) is 38.4 Å². The Labute approximate surface area is 115 Å². The first kappa shape index (κ1) is 13.9. The van der Waals surface area contributed by atoms with E-state index in [0.29, 0.717) is 12.1 Å². The van der Waals surface area contributed by atoms with Crippen LogP contribution in [-0.4, -0.2) is 35.5 Å². The minimum absolute atomic E-state index is 0.154. The fourth-order valence-corrected chi connectivity index (χ4v) is 4.14. The average Bonchev–Trinajstić information content (AvgIpc) is 2.85. The summed E-state index contributed by atoms with van der Waals surface area (Å²) < 4.78 is 0. The van der Waals surface area contributed by atoms with Gasteiger partial charge in [-0.1, -0.05) is 24.3 Å². The molecule has 100 valence electrons. The molecule has 1 heterocycles. The molecule has 2 nitrogen and oxygen atoms in total. The molecule has 0 amide bonds. The van der Waals surface area contributed by atoms with E-state index in [2.05, 4.69) is 61.8 Å². The van der Waals surface area contributed by atoms with Crippen LogP contribution in [0.2, 0.25) is 0 Å². The van der Waals surface area contributed by atoms with Gasteiger partial charge >= 0.3 is 0 Å². The molecule has 0 saturated carbocycles. The van der Waals surface area contributed by atoms with Crippen molar-refractivity contribution in [1.29, 1.82) is 0 Å². The molecule has 1 aromatic carbocycles. The molecule has 0 radical (unpaired) electrons. The first-order valence-electron chi connectivity index (χ1n) is 6.72. The van der Waals surface area contributed by atoms with Crippen LogP contribution in [0.15, 0.2) is 24.3 Å². The summed E-state index contributed by atoms with van der Waals surface area (Å²) in [6, 6.07) is 9.78. The SMILES string of the molecule is Cc1ccccc1C(C(C)N)N(C)C1CCSC1. The molecule has 1 fully saturated rings. The number of hydrogen-bond acceptors (Lipinski definition) is 3. The second kappa shape index (κ2) is 6.09. The highest BCUT2D eigenvalue weighted by Crippen LogP contribution is 2.31. The van der Waals surface area contributed by atoms with Crippen molar-refractivity contribution in [3.8, 4) is 0 Å². The van der Waals surface area contributed by atoms with Crippen LogP contribution in [-0.2, 0) is 0 Å². The van der Waals surface area contributed by atoms with Crippen molar-refractivity contribution in [2.24, 2.45) is 5.73 Å². The third kappa shape index (κ3) is 2.90. The van der Waals surface area contributed by atoms with Crippen molar-refractivity contribution in [3.05, 3.63) is 35.4 Å². The standard InChI is InChI=1S/C15H24N2S/c1-11-6-4-5-7-14(11)15(12(2)16)17(3)13-8-9-18-10-13/h4-7,12-13,15H,8-10,16H2,1-3H3. The maximum atomic E-state index is 6.26. The first-order chi connectivity index (χ1) is 8.61. The quantitative estimate of drug-likeness (QED) is 0.907. The van der Waals surface area contributed by atoms with Gasteiger partial charge in [0.25, 0.3) is 0 Å². The molecule has 3 heteroatoms. The summed E-state index contributed by atoms with van der Waals surface area (Å²) in [7, 11) is 2.23. The van der Waals surface area contributed by atoms with E-state index in [9.17, 15) is 0 Å². The summed E-state index contributed by atoms with van der Waals surface area (Å²) in [5.41, 5.74) is 8.98. The highest BCUT2D eigenvalue weighted by atomic mass is 32.2. The molecule has 0 aromatic heterocycles. The predicted octanol–water partition coefficient (Wildman–Crippen LogP) is 2.82. The van der Waals surface area contributed by atoms with E-state index >= 15 is 0 Å². The molecule has 3 atom stereocenters. The lowest BCUT2D eigenvalue weighted by Crippen LogP contribution is -2.43. The van der Waals surface area contributed by atoms with E-state index in [1.165, 1.54) is 29.1 Å². The van der Waals surface area contributed by atoms with Gasteiger partial charge in [-0.15, -0.1) is 0 Å². The van der Waals surface area contributed by atoms with Gasteiger partial charge in [0.1, 0.15) is 0 Å². The van der Waals surface area contributed by atoms with E-state index in [1.807, 2.05) is 0 Å². The lowest BCUT2D eigenvalue weighted by molar-refractivity contribution is 0.168. The smallest absolute Gasteiger partial charge is 0.0499 e. The highest BCUT2D eigenvalue weighted by molar-refractivity contribution is 7.99. The Morgan fingerprint density at radius 3 is 2.67 bits per heavy atom. The summed E-state index contributed by atoms with van der Waals surface area (Å²) in [4.78, 5) is 2.49. The molecule has 0 bridgehead atoms. The number of thioether (sulfide) groups is 1. The van der Waals surface area contributed by atoms with Gasteiger partial charge in [-0.05, 0) is 44.2 Å². The van der Waals surface area contributed by atoms with Gasteiger partial charge in [-0.25, -0.2) is 0 Å². The second-order valence-corrected chi connectivity index (χ2v) is 6.49. The van der Waals surface area contributed by atoms with Crippen LogP contribution >= 0.6 is 11.8 Å². The van der Waals surface area contributed by atoms with Crippen LogP contribution < -0.4 is 5.73 Å². The maximum absolute atomic E-state index is 6.26. The number of hydrogen-bond donors (Lipinski definition) is 1. The Morgan fingerprint density at radius 1 is 1.39 bits per heavy atom. The van der Waals surface area contributed by atoms with Crippen molar-refractivity contribution >= 4 is 11.8 Å². The van der Waals surface area contributed by atoms with E-state index in [0.717, 1.165) is 0 Å². The Balaban J connectivity index is 2.25. The molecule has 18 heavy (non-hydrogen) atoms. The van der Waals surface area contributed by atoms with E-state index < -0.39 is 0 Å². The van der Waals surface area contributed by atoms with Crippen molar-refractivity contribution in [1.82, 2.24) is 4.90 Å². The van der Waals surface area contributed by atoms with Gasteiger partial charge in [0.15, 0.2) is 0 Å². The Morgan fingerprint density at radius 2 is 2.11 bits per heavy atom. The van der Waals surface area contributed by atoms with Gasteiger partial charge < -0.3 is 5.73 Å². The van der Waals surface area contributed by atoms with Gasteiger partial charge in [0.2, 0.25) is 0 Å². The van der Waals surface area contributed by atoms with Gasteiger partial charge in [0.05, 0.1) is 0 Å². The van der Waals surface area contributed by atoms with Crippen LogP contribution in [0, 0.1) is 6.92 Å². The van der Waals surface area contributed by atoms with E-state index in [1.54, 1.807) is 0 Å². The maximum Gasteiger partial charge on any atom is 0.0499 e. The number of nitrogens with zero attached hydrogens (tertiary/aromatic N) is 1. The summed E-state index contributed by atoms with van der Waals surface area (Å²) in [5.74, 6) is 2.53. The topological polar surface area (TPSA) is 29.3 Å². The van der Waals surface area contributed by atoms with Crippen LogP contribution in [0.3, 0.4) is 0 Å². The fourth-order valence-electron chi connectivity index (χ4n) is 2.86. The number of likely N-dealkylation sites (N-methyl/N-ethyl adjacent to an activating group) is 1. The number of benzene rings is 1. The van der Waals surface area contributed by atoms with Crippen LogP contribution in [0.5, 0.6) is 0 Å². The molecule has 1 saturated heterocycles. The Bertz CT molecular complexity index is 386.